The van der Waals surface area contributed by atoms with Gasteiger partial charge in [-0.25, -0.2) is 14.8 Å². The third-order valence-electron chi connectivity index (χ3n) is 3.85. The molecule has 0 unspecified atom stereocenters. The van der Waals surface area contributed by atoms with Gasteiger partial charge in [-0.1, -0.05) is 0 Å². The first-order chi connectivity index (χ1) is 12.4. The molecule has 0 atom stereocenters. The summed E-state index contributed by atoms with van der Waals surface area (Å²) in [7, 11) is 4.32. The quantitative estimate of drug-likeness (QED) is 0.703. The summed E-state index contributed by atoms with van der Waals surface area (Å²) < 4.78 is 7.02. The maximum Gasteiger partial charge on any atom is 0.333 e. The summed E-state index contributed by atoms with van der Waals surface area (Å²) in [6, 6.07) is 7.44. The molecule has 0 bridgehead atoms. The Morgan fingerprint density at radius 3 is 2.54 bits per heavy atom. The van der Waals surface area contributed by atoms with E-state index in [0.29, 0.717) is 5.13 Å². The van der Waals surface area contributed by atoms with Crippen LogP contribution < -0.4 is 16.0 Å². The Labute approximate surface area is 152 Å². The van der Waals surface area contributed by atoms with Gasteiger partial charge in [-0.3, -0.25) is 13.9 Å². The van der Waals surface area contributed by atoms with E-state index in [4.69, 9.17) is 4.74 Å². The molecule has 26 heavy (non-hydrogen) atoms. The summed E-state index contributed by atoms with van der Waals surface area (Å²) in [5.74, 6) is 0.317. The van der Waals surface area contributed by atoms with Crippen molar-refractivity contribution in [3.05, 3.63) is 56.0 Å². The molecule has 3 aromatic rings. The molecule has 0 amide bonds. The van der Waals surface area contributed by atoms with Crippen LogP contribution in [0.25, 0.3) is 11.3 Å². The second-order valence-corrected chi connectivity index (χ2v) is 6.28. The van der Waals surface area contributed by atoms with Crippen molar-refractivity contribution >= 4 is 22.7 Å². The largest absolute Gasteiger partial charge is 0.497 e. The lowest BCUT2D eigenvalue weighted by molar-refractivity contribution is 0.410. The van der Waals surface area contributed by atoms with E-state index in [2.05, 4.69) is 9.98 Å². The summed E-state index contributed by atoms with van der Waals surface area (Å²) in [6.45, 7) is 0. The summed E-state index contributed by atoms with van der Waals surface area (Å²) in [5.41, 5.74) is 0.338. The minimum absolute atomic E-state index is 0.0733. The van der Waals surface area contributed by atoms with Crippen LogP contribution in [-0.2, 0) is 14.1 Å². The molecule has 0 saturated carbocycles. The van der Waals surface area contributed by atoms with E-state index in [9.17, 15) is 14.7 Å². The van der Waals surface area contributed by atoms with Gasteiger partial charge in [-0.15, -0.1) is 11.3 Å². The number of aromatic nitrogens is 3. The minimum atomic E-state index is -0.624. The number of benzene rings is 1. The standard InChI is InChI=1S/C17H16N4O4S/c1-20-14(22)12(15(23)21(2)17(20)24)8-18-16-19-13(9-26-16)10-4-6-11(25-3)7-5-10/h4-9,22H,1-3H3/b18-8+. The number of hydrogen-bond acceptors (Lipinski definition) is 7. The molecule has 0 spiro atoms. The molecule has 0 aliphatic carbocycles. The molecule has 134 valence electrons. The highest BCUT2D eigenvalue weighted by molar-refractivity contribution is 7.13. The zero-order valence-corrected chi connectivity index (χ0v) is 15.1. The van der Waals surface area contributed by atoms with Gasteiger partial charge in [-0.05, 0) is 24.3 Å². The lowest BCUT2D eigenvalue weighted by Crippen LogP contribution is -2.38. The fourth-order valence-corrected chi connectivity index (χ4v) is 2.98. The number of methoxy groups -OCH3 is 1. The molecule has 2 heterocycles. The number of thiazole rings is 1. The van der Waals surface area contributed by atoms with Crippen molar-refractivity contribution in [1.82, 2.24) is 14.1 Å². The van der Waals surface area contributed by atoms with Crippen LogP contribution in [0.3, 0.4) is 0 Å². The van der Waals surface area contributed by atoms with Crippen LogP contribution in [0.1, 0.15) is 5.56 Å². The fraction of sp³-hybridized carbons (Fsp3) is 0.176. The molecule has 0 aliphatic heterocycles. The number of aromatic hydroxyl groups is 1. The van der Waals surface area contributed by atoms with Gasteiger partial charge in [0, 0.05) is 31.3 Å². The van der Waals surface area contributed by atoms with Crippen molar-refractivity contribution in [1.29, 1.82) is 0 Å². The van der Waals surface area contributed by atoms with Gasteiger partial charge < -0.3 is 9.84 Å². The van der Waals surface area contributed by atoms with Crippen molar-refractivity contribution in [2.75, 3.05) is 7.11 Å². The summed E-state index contributed by atoms with van der Waals surface area (Å²) >= 11 is 1.30. The Morgan fingerprint density at radius 1 is 1.19 bits per heavy atom. The van der Waals surface area contributed by atoms with Crippen molar-refractivity contribution in [3.63, 3.8) is 0 Å². The predicted octanol–water partition coefficient (Wildman–Crippen LogP) is 1.67. The first-order valence-corrected chi connectivity index (χ1v) is 8.43. The van der Waals surface area contributed by atoms with Crippen LogP contribution >= 0.6 is 11.3 Å². The second kappa shape index (κ2) is 6.96. The number of aliphatic imine (C=N–C) groups is 1. The van der Waals surface area contributed by atoms with E-state index in [1.54, 1.807) is 7.11 Å². The number of rotatable bonds is 4. The highest BCUT2D eigenvalue weighted by atomic mass is 32.1. The first kappa shape index (κ1) is 17.6. The molecule has 0 saturated heterocycles. The molecule has 0 aliphatic rings. The molecular weight excluding hydrogens is 356 g/mol. The topological polar surface area (TPSA) is 98.7 Å². The molecule has 0 fully saturated rings. The van der Waals surface area contributed by atoms with Crippen LogP contribution in [0.15, 0.2) is 44.2 Å². The number of hydrogen-bond donors (Lipinski definition) is 1. The molecule has 8 nitrogen and oxygen atoms in total. The summed E-state index contributed by atoms with van der Waals surface area (Å²) in [4.78, 5) is 32.4. The second-order valence-electron chi connectivity index (χ2n) is 5.45. The van der Waals surface area contributed by atoms with E-state index in [1.807, 2.05) is 29.6 Å². The Balaban J connectivity index is 1.92. The van der Waals surface area contributed by atoms with Crippen molar-refractivity contribution < 1.29 is 9.84 Å². The van der Waals surface area contributed by atoms with E-state index < -0.39 is 17.1 Å². The smallest absolute Gasteiger partial charge is 0.333 e. The Kier molecular flexibility index (Phi) is 4.72. The number of nitrogens with zero attached hydrogens (tertiary/aromatic N) is 4. The Morgan fingerprint density at radius 2 is 1.88 bits per heavy atom. The maximum absolute atomic E-state index is 12.1. The van der Waals surface area contributed by atoms with Gasteiger partial charge in [0.2, 0.25) is 11.0 Å². The Bertz CT molecular complexity index is 1090. The lowest BCUT2D eigenvalue weighted by atomic mass is 10.2. The predicted molar refractivity (Wildman–Crippen MR) is 99.9 cm³/mol. The lowest BCUT2D eigenvalue weighted by Gasteiger charge is -2.06. The van der Waals surface area contributed by atoms with Crippen LogP contribution in [0.2, 0.25) is 0 Å². The monoisotopic (exact) mass is 372 g/mol. The van der Waals surface area contributed by atoms with Crippen molar-refractivity contribution in [2.45, 2.75) is 0 Å². The van der Waals surface area contributed by atoms with Crippen LogP contribution in [-0.4, -0.2) is 32.5 Å². The third kappa shape index (κ3) is 3.16. The molecular formula is C17H16N4O4S. The third-order valence-corrected chi connectivity index (χ3v) is 4.60. The molecule has 0 radical (unpaired) electrons. The maximum atomic E-state index is 12.1. The summed E-state index contributed by atoms with van der Waals surface area (Å²) in [6.07, 6.45) is 1.22. The molecule has 9 heteroatoms. The highest BCUT2D eigenvalue weighted by Gasteiger charge is 2.13. The van der Waals surface area contributed by atoms with Crippen LogP contribution in [0, 0.1) is 0 Å². The van der Waals surface area contributed by atoms with Crippen LogP contribution in [0.4, 0.5) is 5.13 Å². The average Bonchev–Trinajstić information content (AvgIpc) is 3.14. The van der Waals surface area contributed by atoms with Gasteiger partial charge in [-0.2, -0.15) is 0 Å². The van der Waals surface area contributed by atoms with Gasteiger partial charge in [0.15, 0.2) is 0 Å². The summed E-state index contributed by atoms with van der Waals surface area (Å²) in [5, 5.41) is 12.3. The molecule has 3 rings (SSSR count). The SMILES string of the molecule is COc1ccc(-c2csc(/N=C/c3c(O)n(C)c(=O)n(C)c3=O)n2)cc1. The van der Waals surface area contributed by atoms with E-state index >= 15 is 0 Å². The van der Waals surface area contributed by atoms with E-state index in [1.165, 1.54) is 31.6 Å². The van der Waals surface area contributed by atoms with Crippen molar-refractivity contribution in [3.8, 4) is 22.9 Å². The van der Waals surface area contributed by atoms with Gasteiger partial charge in [0.25, 0.3) is 5.56 Å². The highest BCUT2D eigenvalue weighted by Crippen LogP contribution is 2.28. The molecule has 2 aromatic heterocycles. The zero-order valence-electron chi connectivity index (χ0n) is 14.3. The van der Waals surface area contributed by atoms with Gasteiger partial charge >= 0.3 is 5.69 Å². The zero-order chi connectivity index (χ0) is 18.8. The normalized spacial score (nSPS) is 11.2. The van der Waals surface area contributed by atoms with Gasteiger partial charge in [0.1, 0.15) is 11.3 Å². The average molecular weight is 372 g/mol. The Hall–Kier alpha value is -3.20. The van der Waals surface area contributed by atoms with Gasteiger partial charge in [0.05, 0.1) is 12.8 Å². The fourth-order valence-electron chi connectivity index (χ4n) is 2.31. The first-order valence-electron chi connectivity index (χ1n) is 7.55. The van der Waals surface area contributed by atoms with Crippen LogP contribution in [0.5, 0.6) is 11.6 Å². The minimum Gasteiger partial charge on any atom is -0.497 e. The van der Waals surface area contributed by atoms with E-state index in [-0.39, 0.29) is 5.56 Å². The van der Waals surface area contributed by atoms with E-state index in [0.717, 1.165) is 26.1 Å². The molecule has 1 N–H and O–H groups in total. The number of ether oxygens (including phenoxy) is 1. The van der Waals surface area contributed by atoms with Crippen molar-refractivity contribution in [2.24, 2.45) is 19.1 Å². The molecule has 1 aromatic carbocycles.